The van der Waals surface area contributed by atoms with Crippen molar-refractivity contribution in [2.24, 2.45) is 0 Å². The van der Waals surface area contributed by atoms with Crippen molar-refractivity contribution in [2.75, 3.05) is 31.6 Å². The number of benzene rings is 1. The zero-order chi connectivity index (χ0) is 25.9. The number of carboxylic acid groups (broad SMARTS) is 2. The molecule has 2 aliphatic heterocycles. The van der Waals surface area contributed by atoms with E-state index in [1.54, 1.807) is 0 Å². The Balaban J connectivity index is 0.000000429. The molecule has 0 aliphatic carbocycles. The van der Waals surface area contributed by atoms with E-state index in [4.69, 9.17) is 14.6 Å². The second-order valence-corrected chi connectivity index (χ2v) is 8.00. The van der Waals surface area contributed by atoms with E-state index in [0.717, 1.165) is 36.3 Å². The fraction of sp³-hybridized carbons (Fsp3) is 0.409. The Hall–Kier alpha value is -3.58. The quantitative estimate of drug-likeness (QED) is 0.427. The number of aromatic amines is 1. The highest BCUT2D eigenvalue weighted by Crippen LogP contribution is 2.35. The minimum Gasteiger partial charge on any atom is -0.506 e. The number of halogens is 3. The summed E-state index contributed by atoms with van der Waals surface area (Å²) in [4.78, 5) is 37.5. The van der Waals surface area contributed by atoms with Crippen LogP contribution in [0, 0.1) is 0 Å². The number of aliphatic carboxylic acids is 1. The number of pyridine rings is 1. The minimum atomic E-state index is -5.08. The van der Waals surface area contributed by atoms with Gasteiger partial charge in [0.2, 0.25) is 0 Å². The molecule has 1 atom stereocenters. The van der Waals surface area contributed by atoms with Crippen LogP contribution in [0.25, 0.3) is 11.3 Å². The van der Waals surface area contributed by atoms with Gasteiger partial charge in [-0.05, 0) is 31.2 Å². The number of H-pyrrole nitrogens is 1. The Morgan fingerprint density at radius 2 is 1.94 bits per heavy atom. The van der Waals surface area contributed by atoms with Crippen LogP contribution < -0.4 is 15.8 Å². The number of carbonyl (C=O) groups is 2. The predicted molar refractivity (Wildman–Crippen MR) is 118 cm³/mol. The summed E-state index contributed by atoms with van der Waals surface area (Å²) < 4.78 is 37.5. The number of likely N-dealkylation sites (N-methyl/N-ethyl adjacent to an activating group) is 1. The van der Waals surface area contributed by atoms with E-state index in [-0.39, 0.29) is 0 Å². The zero-order valence-electron chi connectivity index (χ0n) is 18.6. The van der Waals surface area contributed by atoms with E-state index in [9.17, 15) is 33.0 Å². The van der Waals surface area contributed by atoms with Crippen LogP contribution in [0.2, 0.25) is 0 Å². The normalized spacial score (nSPS) is 17.4. The molecular formula is C22H24F3N3O7. The molecular weight excluding hydrogens is 475 g/mol. The molecule has 1 saturated heterocycles. The molecule has 2 aromatic rings. The second kappa shape index (κ2) is 10.4. The fourth-order valence-corrected chi connectivity index (χ4v) is 4.03. The van der Waals surface area contributed by atoms with Gasteiger partial charge in [0.15, 0.2) is 5.56 Å². The van der Waals surface area contributed by atoms with Crippen LogP contribution in [-0.4, -0.2) is 71.2 Å². The Morgan fingerprint density at radius 3 is 2.51 bits per heavy atom. The van der Waals surface area contributed by atoms with Crippen molar-refractivity contribution < 1.29 is 42.8 Å². The number of nitrogens with zero attached hydrogens (tertiary/aromatic N) is 1. The van der Waals surface area contributed by atoms with Crippen molar-refractivity contribution in [2.45, 2.75) is 31.7 Å². The molecule has 1 fully saturated rings. The first-order chi connectivity index (χ1) is 16.4. The summed E-state index contributed by atoms with van der Waals surface area (Å²) >= 11 is 0. The Bertz CT molecular complexity index is 1180. The average Bonchev–Trinajstić information content (AvgIpc) is 3.25. The third-order valence-electron chi connectivity index (χ3n) is 5.82. The van der Waals surface area contributed by atoms with Gasteiger partial charge < -0.3 is 35.3 Å². The summed E-state index contributed by atoms with van der Waals surface area (Å²) in [6.07, 6.45) is -3.69. The molecule has 35 heavy (non-hydrogen) atoms. The lowest BCUT2D eigenvalue weighted by atomic mass is 9.95. The molecule has 0 spiro atoms. The lowest BCUT2D eigenvalue weighted by Gasteiger charge is -2.23. The van der Waals surface area contributed by atoms with Gasteiger partial charge in [0.1, 0.15) is 5.75 Å². The molecule has 0 bridgehead atoms. The van der Waals surface area contributed by atoms with Crippen LogP contribution in [0.15, 0.2) is 23.0 Å². The van der Waals surface area contributed by atoms with Gasteiger partial charge in [-0.15, -0.1) is 0 Å². The largest absolute Gasteiger partial charge is 0.506 e. The molecule has 10 nitrogen and oxygen atoms in total. The van der Waals surface area contributed by atoms with E-state index in [2.05, 4.69) is 15.2 Å². The average molecular weight is 499 g/mol. The molecule has 1 aromatic heterocycles. The standard InChI is InChI=1S/C20H23N3O5.C2HF3O2/c1-21-12-4-6-23(9-12)13-2-3-14-11(8-13)10-28-7-5-15-17(14)22-19(25)16(18(15)24)20(26)27;3-2(4,5)1(6)7/h2-3,8,12,21H,4-7,9-10H2,1H3,(H,26,27)(H2,22,24,25);(H,6,7). The number of fused-ring (bicyclic) bond motifs is 3. The van der Waals surface area contributed by atoms with Crippen molar-refractivity contribution in [1.29, 1.82) is 0 Å². The van der Waals surface area contributed by atoms with Crippen LogP contribution in [0.1, 0.15) is 27.9 Å². The number of aromatic nitrogens is 1. The van der Waals surface area contributed by atoms with Crippen LogP contribution in [0.4, 0.5) is 18.9 Å². The molecule has 4 rings (SSSR count). The molecule has 3 heterocycles. The maximum absolute atomic E-state index is 12.3. The van der Waals surface area contributed by atoms with Gasteiger partial charge >= 0.3 is 18.1 Å². The van der Waals surface area contributed by atoms with E-state index >= 15 is 0 Å². The summed E-state index contributed by atoms with van der Waals surface area (Å²) in [7, 11) is 1.97. The number of ether oxygens (including phenoxy) is 1. The summed E-state index contributed by atoms with van der Waals surface area (Å²) in [6.45, 7) is 2.59. The Kier molecular flexibility index (Phi) is 7.70. The van der Waals surface area contributed by atoms with Crippen LogP contribution in [0.5, 0.6) is 5.75 Å². The monoisotopic (exact) mass is 499 g/mol. The number of nitrogens with one attached hydrogen (secondary N) is 2. The third kappa shape index (κ3) is 5.74. The summed E-state index contributed by atoms with van der Waals surface area (Å²) in [5.41, 5.74) is 2.13. The van der Waals surface area contributed by atoms with E-state index in [0.29, 0.717) is 36.9 Å². The van der Waals surface area contributed by atoms with E-state index in [1.165, 1.54) is 0 Å². The number of anilines is 1. The van der Waals surface area contributed by atoms with Gasteiger partial charge in [-0.3, -0.25) is 4.79 Å². The van der Waals surface area contributed by atoms with Gasteiger partial charge in [-0.2, -0.15) is 13.2 Å². The topological polar surface area (TPSA) is 152 Å². The molecule has 5 N–H and O–H groups in total. The van der Waals surface area contributed by atoms with Crippen molar-refractivity contribution in [3.05, 3.63) is 45.2 Å². The summed E-state index contributed by atoms with van der Waals surface area (Å²) in [5, 5.41) is 30.1. The zero-order valence-corrected chi connectivity index (χ0v) is 18.6. The van der Waals surface area contributed by atoms with Crippen molar-refractivity contribution in [3.63, 3.8) is 0 Å². The molecule has 0 amide bonds. The van der Waals surface area contributed by atoms with E-state index < -0.39 is 35.0 Å². The highest BCUT2D eigenvalue weighted by molar-refractivity contribution is 5.92. The predicted octanol–water partition coefficient (Wildman–Crippen LogP) is 1.95. The highest BCUT2D eigenvalue weighted by Gasteiger charge is 2.38. The van der Waals surface area contributed by atoms with Crippen LogP contribution in [0.3, 0.4) is 0 Å². The fourth-order valence-electron chi connectivity index (χ4n) is 4.03. The number of hydrogen-bond acceptors (Lipinski definition) is 7. The van der Waals surface area contributed by atoms with Crippen LogP contribution >= 0.6 is 0 Å². The van der Waals surface area contributed by atoms with Gasteiger partial charge in [0, 0.05) is 42.4 Å². The van der Waals surface area contributed by atoms with Crippen LogP contribution in [-0.2, 0) is 22.6 Å². The number of alkyl halides is 3. The van der Waals surface area contributed by atoms with E-state index in [1.807, 2.05) is 25.2 Å². The lowest BCUT2D eigenvalue weighted by molar-refractivity contribution is -0.192. The first-order valence-corrected chi connectivity index (χ1v) is 10.6. The smallest absolute Gasteiger partial charge is 0.490 e. The number of rotatable bonds is 3. The lowest BCUT2D eigenvalue weighted by Crippen LogP contribution is -2.29. The summed E-state index contributed by atoms with van der Waals surface area (Å²) in [5.74, 6) is -4.69. The molecule has 1 aromatic carbocycles. The van der Waals surface area contributed by atoms with Gasteiger partial charge in [0.25, 0.3) is 5.56 Å². The Morgan fingerprint density at radius 1 is 1.26 bits per heavy atom. The molecule has 13 heteroatoms. The summed E-state index contributed by atoms with van der Waals surface area (Å²) in [6, 6.07) is 6.40. The Labute approximate surface area is 197 Å². The molecule has 1 unspecified atom stereocenters. The minimum absolute atomic E-state index is 0.315. The van der Waals surface area contributed by atoms with Gasteiger partial charge in [-0.1, -0.05) is 6.07 Å². The maximum atomic E-state index is 12.3. The molecule has 0 saturated carbocycles. The first kappa shape index (κ1) is 26.0. The number of carboxylic acids is 2. The second-order valence-electron chi connectivity index (χ2n) is 8.00. The van der Waals surface area contributed by atoms with Gasteiger partial charge in [-0.25, -0.2) is 9.59 Å². The van der Waals surface area contributed by atoms with Crippen molar-refractivity contribution >= 4 is 17.6 Å². The third-order valence-corrected chi connectivity index (χ3v) is 5.82. The maximum Gasteiger partial charge on any atom is 0.490 e. The SMILES string of the molecule is CNC1CCN(c2ccc3c(c2)COCCc2c-3[nH]c(=O)c(C(=O)O)c2O)C1.O=C(O)C(F)(F)F. The number of aromatic hydroxyl groups is 1. The molecule has 2 aliphatic rings. The first-order valence-electron chi connectivity index (χ1n) is 10.6. The molecule has 190 valence electrons. The highest BCUT2D eigenvalue weighted by atomic mass is 19.4. The number of hydrogen-bond donors (Lipinski definition) is 5. The van der Waals surface area contributed by atoms with Crippen molar-refractivity contribution in [3.8, 4) is 17.0 Å². The molecule has 0 radical (unpaired) electrons. The van der Waals surface area contributed by atoms with Gasteiger partial charge in [0.05, 0.1) is 18.9 Å². The van der Waals surface area contributed by atoms with Crippen molar-refractivity contribution in [1.82, 2.24) is 10.3 Å². The number of aromatic carboxylic acids is 1.